The number of aromatic nitrogens is 1. The summed E-state index contributed by atoms with van der Waals surface area (Å²) in [5, 5.41) is 36.3. The molecule has 4 N–H and O–H groups in total. The summed E-state index contributed by atoms with van der Waals surface area (Å²) in [6.45, 7) is 0. The van der Waals surface area contributed by atoms with Crippen molar-refractivity contribution in [1.29, 1.82) is 0 Å². The van der Waals surface area contributed by atoms with E-state index in [-0.39, 0.29) is 45.4 Å². The summed E-state index contributed by atoms with van der Waals surface area (Å²) in [4.78, 5) is 100. The monoisotopic (exact) mass is 1540 g/mol. The number of nitro groups is 2. The van der Waals surface area contributed by atoms with Gasteiger partial charge in [0.1, 0.15) is 45.3 Å². The number of halogens is 4. The Balaban J connectivity index is 0.000000142. The molecule has 0 bridgehead atoms. The van der Waals surface area contributed by atoms with Crippen LogP contribution in [0.15, 0.2) is 200 Å². The van der Waals surface area contributed by atoms with Crippen LogP contribution in [0.3, 0.4) is 0 Å². The van der Waals surface area contributed by atoms with E-state index in [0.29, 0.717) is 60.6 Å². The lowest BCUT2D eigenvalue weighted by atomic mass is 10.0. The molecule has 3 aromatic heterocycles. The molecule has 3 fully saturated rings. The standard InChI is InChI=1S/2C20H12IN3O5.C19H11BrIN3O3/c21-13-3-7-14(8-4-13)23-20(26)17(19(25)22-23)11-16-9-10-18(29-16)12-1-5-15(6-2-12)24(27)28;21-12-5-7-13(8-6-12)23-20(26)16(19(25)22-23)11-14-9-10-18(29-14)15-3-1-2-4-17(15)24(27)28;20-15-9-10(13-2-1-7-22-16(13)17(15)25)8-14-18(26)23-24(19(14)27)12-5-3-11(21)4-6-12/h2*1-11H,(H,22,25);1-9,25H,(H,23,26). The smallest absolute Gasteiger partial charge is 0.282 e. The Morgan fingerprint density at radius 2 is 0.976 bits per heavy atom. The molecule has 9 aromatic rings. The second-order valence-electron chi connectivity index (χ2n) is 18.0. The van der Waals surface area contributed by atoms with E-state index in [1.807, 2.05) is 36.4 Å². The number of pyridine rings is 1. The van der Waals surface area contributed by atoms with Gasteiger partial charge in [-0.25, -0.2) is 15.0 Å². The summed E-state index contributed by atoms with van der Waals surface area (Å²) in [5.41, 5.74) is 11.0. The van der Waals surface area contributed by atoms with Gasteiger partial charge in [-0.15, -0.1) is 0 Å². The van der Waals surface area contributed by atoms with Crippen molar-refractivity contribution < 1.29 is 52.6 Å². The van der Waals surface area contributed by atoms with Crippen molar-refractivity contribution in [2.75, 3.05) is 15.0 Å². The number of phenolic OH excluding ortho intramolecular Hbond substituents is 1. The van der Waals surface area contributed by atoms with Gasteiger partial charge in [0.15, 0.2) is 5.75 Å². The third-order valence-corrected chi connectivity index (χ3v) is 15.4. The number of nitrogens with zero attached hydrogens (tertiary/aromatic N) is 6. The third-order valence-electron chi connectivity index (χ3n) is 12.6. The molecule has 422 valence electrons. The van der Waals surface area contributed by atoms with Crippen LogP contribution in [-0.4, -0.2) is 55.4 Å². The topological polar surface area (TPSA) is 294 Å². The molecular weight excluding hydrogens is 1500 g/mol. The molecule has 0 unspecified atom stereocenters. The van der Waals surface area contributed by atoms with E-state index in [2.05, 4.69) is 105 Å². The minimum atomic E-state index is -0.558. The number of carbonyl (C=O) groups excluding carboxylic acids is 6. The van der Waals surface area contributed by atoms with Crippen LogP contribution in [0.2, 0.25) is 0 Å². The number of amides is 6. The Bertz CT molecular complexity index is 4320. The van der Waals surface area contributed by atoms with Crippen LogP contribution in [0, 0.1) is 30.9 Å². The zero-order valence-electron chi connectivity index (χ0n) is 42.9. The Morgan fingerprint density at radius 3 is 1.45 bits per heavy atom. The van der Waals surface area contributed by atoms with Gasteiger partial charge in [-0.3, -0.25) is 70.3 Å². The molecule has 0 atom stereocenters. The van der Waals surface area contributed by atoms with Crippen LogP contribution in [0.1, 0.15) is 17.1 Å². The van der Waals surface area contributed by atoms with Gasteiger partial charge in [0, 0.05) is 46.1 Å². The molecular formula is C59H35BrI3N9O13. The van der Waals surface area contributed by atoms with Crippen LogP contribution in [0.25, 0.3) is 51.8 Å². The quantitative estimate of drug-likeness (QED) is 0.0326. The zero-order valence-corrected chi connectivity index (χ0v) is 51.0. The van der Waals surface area contributed by atoms with Crippen molar-refractivity contribution in [3.63, 3.8) is 0 Å². The first-order valence-electron chi connectivity index (χ1n) is 24.6. The largest absolute Gasteiger partial charge is 0.505 e. The zero-order chi connectivity index (χ0) is 60.2. The van der Waals surface area contributed by atoms with Crippen molar-refractivity contribution >= 4 is 177 Å². The SMILES string of the molecule is O=C1NN(c2ccc(I)cc2)C(=O)C1=Cc1cc(Br)c(O)c2ncccc12.O=C1NN(c2ccc(I)cc2)C(=O)C1=Cc1ccc(-c2ccc([N+](=O)[O-])cc2)o1.O=C1NN(c2ccc(I)cc2)C(=O)C1=Cc1ccc(-c2ccccc2[N+](=O)[O-])o1. The second kappa shape index (κ2) is 25.2. The van der Waals surface area contributed by atoms with E-state index >= 15 is 0 Å². The number of hydrogen-bond acceptors (Lipinski definition) is 14. The highest BCUT2D eigenvalue weighted by Gasteiger charge is 2.37. The van der Waals surface area contributed by atoms with Crippen LogP contribution < -0.4 is 31.3 Å². The second-order valence-corrected chi connectivity index (χ2v) is 22.6. The summed E-state index contributed by atoms with van der Waals surface area (Å²) in [7, 11) is 0. The van der Waals surface area contributed by atoms with Gasteiger partial charge in [-0.1, -0.05) is 18.2 Å². The minimum Gasteiger partial charge on any atom is -0.505 e. The van der Waals surface area contributed by atoms with Gasteiger partial charge in [-0.05, 0) is 235 Å². The highest BCUT2D eigenvalue weighted by atomic mass is 127. The lowest BCUT2D eigenvalue weighted by molar-refractivity contribution is -0.384. The van der Waals surface area contributed by atoms with Crippen molar-refractivity contribution in [3.8, 4) is 28.4 Å². The molecule has 6 heterocycles. The van der Waals surface area contributed by atoms with Crippen LogP contribution in [-0.2, 0) is 28.8 Å². The first-order chi connectivity index (χ1) is 40.8. The lowest BCUT2D eigenvalue weighted by Gasteiger charge is -2.14. The normalized spacial score (nSPS) is 15.2. The van der Waals surface area contributed by atoms with Crippen molar-refractivity contribution in [1.82, 2.24) is 21.3 Å². The Kier molecular flexibility index (Phi) is 17.4. The van der Waals surface area contributed by atoms with E-state index < -0.39 is 45.3 Å². The molecule has 26 heteroatoms. The van der Waals surface area contributed by atoms with Gasteiger partial charge in [0.25, 0.3) is 46.8 Å². The predicted octanol–water partition coefficient (Wildman–Crippen LogP) is 11.6. The average Bonchev–Trinajstić information content (AvgIpc) is 4.50. The maximum Gasteiger partial charge on any atom is 0.282 e. The molecule has 12 rings (SSSR count). The molecule has 3 aliphatic rings. The molecule has 6 amide bonds. The van der Waals surface area contributed by atoms with Crippen LogP contribution >= 0.6 is 83.7 Å². The number of fused-ring (bicyclic) bond motifs is 1. The summed E-state index contributed by atoms with van der Waals surface area (Å²) in [6.07, 6.45) is 5.78. The van der Waals surface area contributed by atoms with Gasteiger partial charge in [0.2, 0.25) is 0 Å². The fourth-order valence-electron chi connectivity index (χ4n) is 8.52. The maximum atomic E-state index is 12.8. The average molecular weight is 1540 g/mol. The van der Waals surface area contributed by atoms with E-state index in [9.17, 15) is 54.1 Å². The van der Waals surface area contributed by atoms with Crippen molar-refractivity contribution in [3.05, 3.63) is 239 Å². The van der Waals surface area contributed by atoms with Crippen LogP contribution in [0.5, 0.6) is 5.75 Å². The molecule has 3 aliphatic heterocycles. The molecule has 85 heavy (non-hydrogen) atoms. The highest BCUT2D eigenvalue weighted by molar-refractivity contribution is 14.1. The number of hydrogen-bond donors (Lipinski definition) is 4. The number of nitrogens with one attached hydrogen (secondary N) is 3. The molecule has 6 aromatic carbocycles. The van der Waals surface area contributed by atoms with Crippen LogP contribution in [0.4, 0.5) is 28.4 Å². The number of phenols is 1. The number of anilines is 3. The summed E-state index contributed by atoms with van der Waals surface area (Å²) >= 11 is 9.75. The molecule has 0 saturated carbocycles. The molecule has 3 saturated heterocycles. The lowest BCUT2D eigenvalue weighted by Crippen LogP contribution is -2.35. The summed E-state index contributed by atoms with van der Waals surface area (Å²) < 4.78 is 14.8. The number of hydrazine groups is 3. The van der Waals surface area contributed by atoms with Gasteiger partial charge in [0.05, 0.1) is 36.9 Å². The molecule has 0 aliphatic carbocycles. The summed E-state index contributed by atoms with van der Waals surface area (Å²) in [5.74, 6) is -1.71. The Morgan fingerprint density at radius 1 is 0.529 bits per heavy atom. The van der Waals surface area contributed by atoms with Gasteiger partial charge in [-0.2, -0.15) is 0 Å². The number of non-ortho nitro benzene ring substituents is 1. The highest BCUT2D eigenvalue weighted by Crippen LogP contribution is 2.37. The molecule has 0 spiro atoms. The van der Waals surface area contributed by atoms with Crippen molar-refractivity contribution in [2.24, 2.45) is 0 Å². The first-order valence-corrected chi connectivity index (χ1v) is 28.7. The number of carbonyl (C=O) groups is 6. The minimum absolute atomic E-state index is 0.00969. The molecule has 0 radical (unpaired) electrons. The van der Waals surface area contributed by atoms with E-state index in [1.165, 1.54) is 46.4 Å². The van der Waals surface area contributed by atoms with E-state index in [0.717, 1.165) is 15.7 Å². The number of para-hydroxylation sites is 1. The van der Waals surface area contributed by atoms with Crippen molar-refractivity contribution in [2.45, 2.75) is 0 Å². The Labute approximate surface area is 528 Å². The van der Waals surface area contributed by atoms with Gasteiger partial charge < -0.3 is 13.9 Å². The fraction of sp³-hybridized carbons (Fsp3) is 0. The van der Waals surface area contributed by atoms with Gasteiger partial charge >= 0.3 is 0 Å². The number of rotatable bonds is 10. The maximum absolute atomic E-state index is 12.8. The number of nitro benzene ring substituents is 2. The predicted molar refractivity (Wildman–Crippen MR) is 341 cm³/mol. The first kappa shape index (κ1) is 58.8. The fourth-order valence-corrected chi connectivity index (χ4v) is 10.0. The Hall–Kier alpha value is -9.40. The number of benzene rings is 6. The number of furan rings is 2. The number of aromatic hydroxyl groups is 1. The summed E-state index contributed by atoms with van der Waals surface area (Å²) in [6, 6.07) is 45.1. The third kappa shape index (κ3) is 12.9. The van der Waals surface area contributed by atoms with E-state index in [4.69, 9.17) is 8.83 Å². The van der Waals surface area contributed by atoms with E-state index in [1.54, 1.807) is 115 Å². The molecule has 22 nitrogen and oxygen atoms in total.